The van der Waals surface area contributed by atoms with E-state index in [1.54, 1.807) is 0 Å². The van der Waals surface area contributed by atoms with Crippen LogP contribution in [0.4, 0.5) is 0 Å². The van der Waals surface area contributed by atoms with Crippen molar-refractivity contribution in [1.29, 1.82) is 0 Å². The summed E-state index contributed by atoms with van der Waals surface area (Å²) in [4.78, 5) is 0. The molecule has 0 aliphatic rings. The second-order valence-corrected chi connectivity index (χ2v) is 6.71. The van der Waals surface area contributed by atoms with Gasteiger partial charge in [-0.3, -0.25) is 0 Å². The molecular formula is C18H22ClNO. The van der Waals surface area contributed by atoms with E-state index in [1.165, 1.54) is 5.56 Å². The zero-order chi connectivity index (χ0) is 15.5. The molecule has 2 aromatic rings. The number of hydrogen-bond donors (Lipinski definition) is 1. The Balaban J connectivity index is 2.20. The maximum absolute atomic E-state index is 5.99. The molecule has 2 aromatic carbocycles. The number of ether oxygens (including phenoxy) is 1. The lowest BCUT2D eigenvalue weighted by Gasteiger charge is -2.22. The van der Waals surface area contributed by atoms with Crippen LogP contribution in [0.3, 0.4) is 0 Å². The molecule has 3 heteroatoms. The minimum atomic E-state index is 0.0707. The van der Waals surface area contributed by atoms with Crippen molar-refractivity contribution < 1.29 is 4.74 Å². The summed E-state index contributed by atoms with van der Waals surface area (Å²) < 4.78 is 5.99. The van der Waals surface area contributed by atoms with Gasteiger partial charge in [-0.05, 0) is 58.0 Å². The predicted octanol–water partition coefficient (Wildman–Crippen LogP) is 5.33. The molecule has 0 saturated heterocycles. The largest absolute Gasteiger partial charge is 0.457 e. The van der Waals surface area contributed by atoms with Crippen LogP contribution in [0.2, 0.25) is 5.02 Å². The molecule has 0 fully saturated rings. The minimum Gasteiger partial charge on any atom is -0.457 e. The van der Waals surface area contributed by atoms with Crippen LogP contribution < -0.4 is 10.1 Å². The summed E-state index contributed by atoms with van der Waals surface area (Å²) in [7, 11) is 0. The van der Waals surface area contributed by atoms with Gasteiger partial charge in [0.05, 0.1) is 0 Å². The Labute approximate surface area is 132 Å². The maximum atomic E-state index is 5.99. The molecule has 2 nitrogen and oxygen atoms in total. The van der Waals surface area contributed by atoms with Crippen molar-refractivity contribution in [3.63, 3.8) is 0 Å². The molecule has 0 spiro atoms. The lowest BCUT2D eigenvalue weighted by Crippen LogP contribution is -2.35. The van der Waals surface area contributed by atoms with E-state index in [0.29, 0.717) is 5.02 Å². The molecular weight excluding hydrogens is 282 g/mol. The minimum absolute atomic E-state index is 0.0707. The van der Waals surface area contributed by atoms with Crippen LogP contribution in [0.5, 0.6) is 11.5 Å². The average Bonchev–Trinajstić information content (AvgIpc) is 2.40. The summed E-state index contributed by atoms with van der Waals surface area (Å²) in [6.45, 7) is 9.33. The fraction of sp³-hybridized carbons (Fsp3) is 0.333. The Morgan fingerprint density at radius 1 is 1.05 bits per heavy atom. The van der Waals surface area contributed by atoms with Gasteiger partial charge in [0.2, 0.25) is 0 Å². The Morgan fingerprint density at radius 3 is 2.33 bits per heavy atom. The first-order valence-corrected chi connectivity index (χ1v) is 7.49. The van der Waals surface area contributed by atoms with Crippen LogP contribution in [-0.4, -0.2) is 5.54 Å². The number of rotatable bonds is 4. The Bertz CT molecular complexity index is 600. The lowest BCUT2D eigenvalue weighted by molar-refractivity contribution is 0.414. The monoisotopic (exact) mass is 303 g/mol. The number of benzene rings is 2. The normalized spacial score (nSPS) is 11.5. The highest BCUT2D eigenvalue weighted by Gasteiger charge is 2.11. The summed E-state index contributed by atoms with van der Waals surface area (Å²) >= 11 is 5.90. The summed E-state index contributed by atoms with van der Waals surface area (Å²) in [5.74, 6) is 1.67. The lowest BCUT2D eigenvalue weighted by atomic mass is 10.1. The molecule has 0 aliphatic heterocycles. The number of aryl methyl sites for hydroxylation is 1. The quantitative estimate of drug-likeness (QED) is 0.824. The number of halogens is 1. The van der Waals surface area contributed by atoms with Crippen molar-refractivity contribution in [1.82, 2.24) is 5.32 Å². The highest BCUT2D eigenvalue weighted by molar-refractivity contribution is 6.30. The highest BCUT2D eigenvalue weighted by atomic mass is 35.5. The van der Waals surface area contributed by atoms with Crippen molar-refractivity contribution in [2.24, 2.45) is 0 Å². The summed E-state index contributed by atoms with van der Waals surface area (Å²) in [5, 5.41) is 4.21. The molecule has 0 unspecified atom stereocenters. The van der Waals surface area contributed by atoms with Crippen molar-refractivity contribution in [2.75, 3.05) is 0 Å². The molecule has 1 N–H and O–H groups in total. The van der Waals surface area contributed by atoms with Crippen molar-refractivity contribution >= 4 is 11.6 Å². The van der Waals surface area contributed by atoms with Crippen LogP contribution in [0, 0.1) is 6.92 Å². The van der Waals surface area contributed by atoms with Crippen LogP contribution >= 0.6 is 11.6 Å². The van der Waals surface area contributed by atoms with Crippen LogP contribution in [-0.2, 0) is 6.54 Å². The Morgan fingerprint density at radius 2 is 1.71 bits per heavy atom. The first kappa shape index (κ1) is 15.9. The van der Waals surface area contributed by atoms with E-state index in [9.17, 15) is 0 Å². The molecule has 0 bridgehead atoms. The highest BCUT2D eigenvalue weighted by Crippen LogP contribution is 2.27. The summed E-state index contributed by atoms with van der Waals surface area (Å²) in [6.07, 6.45) is 0. The average molecular weight is 304 g/mol. The molecule has 0 heterocycles. The zero-order valence-electron chi connectivity index (χ0n) is 13.0. The SMILES string of the molecule is Cc1ccc(Oc2ccc(Cl)cc2)c(CNC(C)(C)C)c1. The van der Waals surface area contributed by atoms with Crippen molar-refractivity contribution in [3.05, 3.63) is 58.6 Å². The third-order valence-electron chi connectivity index (χ3n) is 3.07. The van der Waals surface area contributed by atoms with Crippen LogP contribution in [0.1, 0.15) is 31.9 Å². The first-order valence-electron chi connectivity index (χ1n) is 7.11. The van der Waals surface area contributed by atoms with Gasteiger partial charge in [0.1, 0.15) is 11.5 Å². The van der Waals surface area contributed by atoms with Crippen molar-refractivity contribution in [3.8, 4) is 11.5 Å². The van der Waals surface area contributed by atoms with Crippen molar-refractivity contribution in [2.45, 2.75) is 39.8 Å². The van der Waals surface area contributed by atoms with E-state index in [-0.39, 0.29) is 5.54 Å². The second kappa shape index (κ2) is 6.50. The van der Waals surface area contributed by atoms with E-state index in [1.807, 2.05) is 30.3 Å². The van der Waals surface area contributed by atoms with Gasteiger partial charge >= 0.3 is 0 Å². The van der Waals surface area contributed by atoms with Gasteiger partial charge in [0, 0.05) is 22.7 Å². The summed E-state index contributed by atoms with van der Waals surface area (Å²) in [5.41, 5.74) is 2.45. The van der Waals surface area contributed by atoms with Gasteiger partial charge in [0.25, 0.3) is 0 Å². The second-order valence-electron chi connectivity index (χ2n) is 6.27. The molecule has 0 aliphatic carbocycles. The smallest absolute Gasteiger partial charge is 0.131 e. The van der Waals surface area contributed by atoms with E-state index < -0.39 is 0 Å². The van der Waals surface area contributed by atoms with Crippen LogP contribution in [0.15, 0.2) is 42.5 Å². The maximum Gasteiger partial charge on any atom is 0.131 e. The standard InChI is InChI=1S/C18H22ClNO/c1-13-5-10-17(14(11-13)12-20-18(2,3)4)21-16-8-6-15(19)7-9-16/h5-11,20H,12H2,1-4H3. The summed E-state index contributed by atoms with van der Waals surface area (Å²) in [6, 6.07) is 13.7. The Hall–Kier alpha value is -1.51. The third-order valence-corrected chi connectivity index (χ3v) is 3.32. The molecule has 21 heavy (non-hydrogen) atoms. The molecule has 0 atom stereocenters. The third kappa shape index (κ3) is 5.07. The molecule has 2 rings (SSSR count). The Kier molecular flexibility index (Phi) is 4.92. The number of hydrogen-bond acceptors (Lipinski definition) is 2. The molecule has 0 aromatic heterocycles. The molecule has 112 valence electrons. The fourth-order valence-corrected chi connectivity index (χ4v) is 2.06. The topological polar surface area (TPSA) is 21.3 Å². The van der Waals surface area contributed by atoms with E-state index >= 15 is 0 Å². The van der Waals surface area contributed by atoms with Gasteiger partial charge in [-0.25, -0.2) is 0 Å². The number of nitrogens with one attached hydrogen (secondary N) is 1. The van der Waals surface area contributed by atoms with Gasteiger partial charge in [-0.15, -0.1) is 0 Å². The van der Waals surface area contributed by atoms with E-state index in [2.05, 4.69) is 45.1 Å². The fourth-order valence-electron chi connectivity index (χ4n) is 1.94. The molecule has 0 amide bonds. The van der Waals surface area contributed by atoms with Gasteiger partial charge in [-0.1, -0.05) is 29.3 Å². The molecule has 0 saturated carbocycles. The van der Waals surface area contributed by atoms with Crippen LogP contribution in [0.25, 0.3) is 0 Å². The first-order chi connectivity index (χ1) is 9.83. The zero-order valence-corrected chi connectivity index (χ0v) is 13.8. The van der Waals surface area contributed by atoms with Gasteiger partial charge < -0.3 is 10.1 Å². The predicted molar refractivity (Wildman–Crippen MR) is 89.3 cm³/mol. The van der Waals surface area contributed by atoms with E-state index in [0.717, 1.165) is 23.6 Å². The van der Waals surface area contributed by atoms with E-state index in [4.69, 9.17) is 16.3 Å². The van der Waals surface area contributed by atoms with Gasteiger partial charge in [0.15, 0.2) is 0 Å². The van der Waals surface area contributed by atoms with Gasteiger partial charge in [-0.2, -0.15) is 0 Å². The molecule has 0 radical (unpaired) electrons.